The quantitative estimate of drug-likeness (QED) is 0.579. The predicted molar refractivity (Wildman–Crippen MR) is 116 cm³/mol. The zero-order valence-electron chi connectivity index (χ0n) is 16.5. The Morgan fingerprint density at radius 1 is 0.968 bits per heavy atom. The number of amides is 3. The third-order valence-electron chi connectivity index (χ3n) is 4.09. The van der Waals surface area contributed by atoms with Gasteiger partial charge in [0.25, 0.3) is 5.91 Å². The Morgan fingerprint density at radius 3 is 2.16 bits per heavy atom. The van der Waals surface area contributed by atoms with Crippen LogP contribution in [0.2, 0.25) is 5.02 Å². The summed E-state index contributed by atoms with van der Waals surface area (Å²) in [7, 11) is 1.32. The summed E-state index contributed by atoms with van der Waals surface area (Å²) in [6, 6.07) is 13.7. The number of hydrogen-bond acceptors (Lipinski definition) is 6. The Balaban J connectivity index is 1.67. The number of anilines is 1. The van der Waals surface area contributed by atoms with Crippen LogP contribution in [0.5, 0.6) is 11.5 Å². The van der Waals surface area contributed by atoms with Crippen molar-refractivity contribution in [1.82, 2.24) is 10.3 Å². The van der Waals surface area contributed by atoms with Crippen LogP contribution in [-0.2, 0) is 10.8 Å². The average Bonchev–Trinajstić information content (AvgIpc) is 2.78. The number of imide groups is 1. The molecule has 0 saturated heterocycles. The molecule has 8 nitrogen and oxygen atoms in total. The second-order valence-corrected chi connectivity index (χ2v) is 7.92. The molecule has 0 aliphatic carbocycles. The number of pyridine rings is 1. The van der Waals surface area contributed by atoms with E-state index >= 15 is 0 Å². The van der Waals surface area contributed by atoms with Gasteiger partial charge in [-0.1, -0.05) is 17.7 Å². The average molecular weight is 460 g/mol. The molecule has 10 heteroatoms. The molecule has 0 saturated carbocycles. The Morgan fingerprint density at radius 2 is 1.61 bits per heavy atom. The first-order valence-corrected chi connectivity index (χ1v) is 10.4. The van der Waals surface area contributed by atoms with Crippen molar-refractivity contribution in [1.29, 1.82) is 0 Å². The zero-order chi connectivity index (χ0) is 22.4. The summed E-state index contributed by atoms with van der Waals surface area (Å²) in [5.41, 5.74) is 0.406. The predicted octanol–water partition coefficient (Wildman–Crippen LogP) is 3.88. The van der Waals surface area contributed by atoms with Crippen LogP contribution in [0.3, 0.4) is 0 Å². The Bertz CT molecular complexity index is 1100. The van der Waals surface area contributed by atoms with E-state index in [0.29, 0.717) is 20.6 Å². The lowest BCUT2D eigenvalue weighted by molar-refractivity contribution is 0.0961. The molecule has 0 aliphatic heterocycles. The molecule has 3 rings (SSSR count). The number of carbonyl (C=O) groups is 2. The van der Waals surface area contributed by atoms with Crippen LogP contribution >= 0.6 is 11.6 Å². The van der Waals surface area contributed by atoms with Gasteiger partial charge in [0.05, 0.1) is 26.1 Å². The molecule has 1 unspecified atom stereocenters. The fraction of sp³-hybridized carbons (Fsp3) is 0.0952. The minimum absolute atomic E-state index is 0.0921. The second-order valence-electron chi connectivity index (χ2n) is 6.05. The van der Waals surface area contributed by atoms with Gasteiger partial charge in [0, 0.05) is 9.92 Å². The normalized spacial score (nSPS) is 11.3. The van der Waals surface area contributed by atoms with Gasteiger partial charge in [0.2, 0.25) is 0 Å². The van der Waals surface area contributed by atoms with Crippen LogP contribution < -0.4 is 20.1 Å². The van der Waals surface area contributed by atoms with E-state index in [1.807, 2.05) is 0 Å². The van der Waals surface area contributed by atoms with Gasteiger partial charge in [-0.25, -0.2) is 14.0 Å². The van der Waals surface area contributed by atoms with Crippen molar-refractivity contribution in [2.24, 2.45) is 0 Å². The smallest absolute Gasteiger partial charge is 0.326 e. The summed E-state index contributed by atoms with van der Waals surface area (Å²) in [6.45, 7) is 0. The summed E-state index contributed by atoms with van der Waals surface area (Å²) >= 11 is 5.84. The Kier molecular flexibility index (Phi) is 7.22. The van der Waals surface area contributed by atoms with Crippen molar-refractivity contribution < 1.29 is 23.3 Å². The number of rotatable bonds is 6. The van der Waals surface area contributed by atoms with E-state index in [9.17, 15) is 13.8 Å². The van der Waals surface area contributed by atoms with E-state index in [-0.39, 0.29) is 17.1 Å². The number of aromatic nitrogens is 1. The van der Waals surface area contributed by atoms with Gasteiger partial charge in [-0.05, 0) is 48.5 Å². The Labute approximate surface area is 186 Å². The lowest BCUT2D eigenvalue weighted by atomic mass is 10.1. The third-order valence-corrected chi connectivity index (χ3v) is 5.67. The van der Waals surface area contributed by atoms with E-state index in [2.05, 4.69) is 15.6 Å². The van der Waals surface area contributed by atoms with Gasteiger partial charge < -0.3 is 14.8 Å². The van der Waals surface area contributed by atoms with Gasteiger partial charge in [0.15, 0.2) is 0 Å². The summed E-state index contributed by atoms with van der Waals surface area (Å²) < 4.78 is 22.9. The third kappa shape index (κ3) is 5.39. The SMILES string of the molecule is COc1cccc(OC)c1C(=O)NC(=O)Nc1ccc(S(=O)c2ccc(Cl)cc2)nc1. The van der Waals surface area contributed by atoms with Crippen molar-refractivity contribution in [3.8, 4) is 11.5 Å². The second kappa shape index (κ2) is 10.1. The number of urea groups is 1. The highest BCUT2D eigenvalue weighted by Crippen LogP contribution is 2.28. The molecule has 0 spiro atoms. The first-order chi connectivity index (χ1) is 14.9. The fourth-order valence-corrected chi connectivity index (χ4v) is 3.74. The summed E-state index contributed by atoms with van der Waals surface area (Å²) in [4.78, 5) is 29.4. The Hall–Kier alpha value is -3.43. The molecular formula is C21H18ClN3O5S. The number of ether oxygens (including phenoxy) is 2. The van der Waals surface area contributed by atoms with Crippen molar-refractivity contribution in [2.75, 3.05) is 19.5 Å². The molecular weight excluding hydrogens is 442 g/mol. The monoisotopic (exact) mass is 459 g/mol. The number of benzene rings is 2. The van der Waals surface area contributed by atoms with E-state index in [1.54, 1.807) is 42.5 Å². The van der Waals surface area contributed by atoms with E-state index in [1.165, 1.54) is 32.5 Å². The molecule has 2 N–H and O–H groups in total. The fourth-order valence-electron chi connectivity index (χ4n) is 2.65. The number of nitrogens with one attached hydrogen (secondary N) is 2. The molecule has 0 aliphatic rings. The van der Waals surface area contributed by atoms with Gasteiger partial charge >= 0.3 is 6.03 Å². The molecule has 0 radical (unpaired) electrons. The van der Waals surface area contributed by atoms with Gasteiger partial charge in [-0.15, -0.1) is 0 Å². The maximum absolute atomic E-state index is 12.6. The minimum Gasteiger partial charge on any atom is -0.496 e. The number of nitrogens with zero attached hydrogens (tertiary/aromatic N) is 1. The highest BCUT2D eigenvalue weighted by Gasteiger charge is 2.20. The van der Waals surface area contributed by atoms with Crippen molar-refractivity contribution >= 4 is 40.0 Å². The summed E-state index contributed by atoms with van der Waals surface area (Å²) in [6.07, 6.45) is 1.34. The highest BCUT2D eigenvalue weighted by atomic mass is 35.5. The van der Waals surface area contributed by atoms with Crippen LogP contribution in [0.15, 0.2) is 70.7 Å². The van der Waals surface area contributed by atoms with Crippen LogP contribution in [0.25, 0.3) is 0 Å². The molecule has 1 aromatic heterocycles. The molecule has 3 aromatic rings. The maximum Gasteiger partial charge on any atom is 0.326 e. The molecule has 0 fully saturated rings. The number of methoxy groups -OCH3 is 2. The zero-order valence-corrected chi connectivity index (χ0v) is 18.1. The lowest BCUT2D eigenvalue weighted by Crippen LogP contribution is -2.34. The number of hydrogen-bond donors (Lipinski definition) is 2. The van der Waals surface area contributed by atoms with Crippen LogP contribution in [0, 0.1) is 0 Å². The van der Waals surface area contributed by atoms with E-state index in [0.717, 1.165) is 0 Å². The van der Waals surface area contributed by atoms with Crippen molar-refractivity contribution in [2.45, 2.75) is 9.92 Å². The molecule has 0 bridgehead atoms. The molecule has 1 atom stereocenters. The molecule has 3 amide bonds. The van der Waals surface area contributed by atoms with Crippen molar-refractivity contribution in [3.63, 3.8) is 0 Å². The topological polar surface area (TPSA) is 107 Å². The number of halogens is 1. The highest BCUT2D eigenvalue weighted by molar-refractivity contribution is 7.85. The van der Waals surface area contributed by atoms with E-state index < -0.39 is 22.7 Å². The maximum atomic E-state index is 12.6. The van der Waals surface area contributed by atoms with Gasteiger partial charge in [-0.2, -0.15) is 0 Å². The first kappa shape index (κ1) is 22.3. The molecule has 1 heterocycles. The minimum atomic E-state index is -1.50. The van der Waals surface area contributed by atoms with Gasteiger partial charge in [-0.3, -0.25) is 10.1 Å². The molecule has 160 valence electrons. The largest absolute Gasteiger partial charge is 0.496 e. The van der Waals surface area contributed by atoms with Crippen molar-refractivity contribution in [3.05, 3.63) is 71.4 Å². The van der Waals surface area contributed by atoms with E-state index in [4.69, 9.17) is 21.1 Å². The number of carbonyl (C=O) groups excluding carboxylic acids is 2. The summed E-state index contributed by atoms with van der Waals surface area (Å²) in [5, 5.41) is 5.56. The van der Waals surface area contributed by atoms with Crippen LogP contribution in [0.4, 0.5) is 10.5 Å². The first-order valence-electron chi connectivity index (χ1n) is 8.89. The summed E-state index contributed by atoms with van der Waals surface area (Å²) in [5.74, 6) is -0.166. The van der Waals surface area contributed by atoms with Gasteiger partial charge in [0.1, 0.15) is 32.9 Å². The van der Waals surface area contributed by atoms with Crippen LogP contribution in [0.1, 0.15) is 10.4 Å². The van der Waals surface area contributed by atoms with Crippen LogP contribution in [-0.4, -0.2) is 35.4 Å². The standard InChI is InChI=1S/C21H18ClN3O5S/c1-29-16-4-3-5-17(30-2)19(16)20(26)25-21(27)24-14-8-11-18(23-12-14)31(28)15-9-6-13(22)7-10-15/h3-12H,1-2H3,(H2,24,25,26,27). The lowest BCUT2D eigenvalue weighted by Gasteiger charge is -2.13. The molecule has 31 heavy (non-hydrogen) atoms. The molecule has 2 aromatic carbocycles.